The summed E-state index contributed by atoms with van der Waals surface area (Å²) in [7, 11) is 0. The Kier molecular flexibility index (Phi) is 4.30. The highest BCUT2D eigenvalue weighted by Gasteiger charge is 2.39. The first-order valence-electron chi connectivity index (χ1n) is 8.31. The summed E-state index contributed by atoms with van der Waals surface area (Å²) in [4.78, 5) is 0. The molecule has 2 nitrogen and oxygen atoms in total. The smallest absolute Gasteiger partial charge is 0.120 e. The summed E-state index contributed by atoms with van der Waals surface area (Å²) in [5.41, 5.74) is 1.53. The molecule has 0 radical (unpaired) electrons. The molecule has 2 heteroatoms. The molecule has 2 fully saturated rings. The first-order valence-corrected chi connectivity index (χ1v) is 8.31. The molecular weight excluding hydrogens is 246 g/mol. The van der Waals surface area contributed by atoms with Gasteiger partial charge in [-0.3, -0.25) is 0 Å². The van der Waals surface area contributed by atoms with Gasteiger partial charge in [-0.25, -0.2) is 0 Å². The zero-order valence-electron chi connectivity index (χ0n) is 12.7. The van der Waals surface area contributed by atoms with Gasteiger partial charge in [0.05, 0.1) is 0 Å². The molecule has 0 saturated heterocycles. The Morgan fingerprint density at radius 3 is 2.50 bits per heavy atom. The lowest BCUT2D eigenvalue weighted by Crippen LogP contribution is -2.45. The molecule has 0 atom stereocenters. The SMILES string of the molecule is CCCc1ccc(OC2(CCNC3CC3)CCC2)cc1. The number of benzene rings is 1. The first-order chi connectivity index (χ1) is 9.80. The second kappa shape index (κ2) is 6.17. The van der Waals surface area contributed by atoms with Crippen LogP contribution in [-0.4, -0.2) is 18.2 Å². The van der Waals surface area contributed by atoms with E-state index < -0.39 is 0 Å². The van der Waals surface area contributed by atoms with Crippen LogP contribution in [0.2, 0.25) is 0 Å². The molecule has 20 heavy (non-hydrogen) atoms. The monoisotopic (exact) mass is 273 g/mol. The second-order valence-corrected chi connectivity index (χ2v) is 6.51. The highest BCUT2D eigenvalue weighted by Crippen LogP contribution is 2.39. The van der Waals surface area contributed by atoms with E-state index in [0.717, 1.165) is 31.2 Å². The summed E-state index contributed by atoms with van der Waals surface area (Å²) in [6.45, 7) is 3.33. The summed E-state index contributed by atoms with van der Waals surface area (Å²) in [5.74, 6) is 1.05. The lowest BCUT2D eigenvalue weighted by Gasteiger charge is -2.42. The van der Waals surface area contributed by atoms with Crippen molar-refractivity contribution < 1.29 is 4.74 Å². The zero-order chi connectivity index (χ0) is 13.8. The maximum Gasteiger partial charge on any atom is 0.120 e. The predicted molar refractivity (Wildman–Crippen MR) is 83.3 cm³/mol. The fourth-order valence-corrected chi connectivity index (χ4v) is 3.03. The van der Waals surface area contributed by atoms with E-state index in [1.165, 1.54) is 44.1 Å². The molecule has 3 rings (SSSR count). The molecule has 0 aromatic heterocycles. The van der Waals surface area contributed by atoms with E-state index in [4.69, 9.17) is 4.74 Å². The van der Waals surface area contributed by atoms with Gasteiger partial charge in [-0.1, -0.05) is 25.5 Å². The van der Waals surface area contributed by atoms with Crippen molar-refractivity contribution in [1.29, 1.82) is 0 Å². The summed E-state index contributed by atoms with van der Waals surface area (Å²) in [6.07, 6.45) is 10.0. The standard InChI is InChI=1S/C18H27NO/c1-2-4-15-5-9-17(10-6-15)20-18(11-3-12-18)13-14-19-16-7-8-16/h5-6,9-10,16,19H,2-4,7-8,11-14H2,1H3. The minimum Gasteiger partial charge on any atom is -0.487 e. The van der Waals surface area contributed by atoms with Crippen LogP contribution >= 0.6 is 0 Å². The van der Waals surface area contributed by atoms with Crippen molar-refractivity contribution in [2.75, 3.05) is 6.54 Å². The summed E-state index contributed by atoms with van der Waals surface area (Å²) in [6, 6.07) is 9.54. The number of aryl methyl sites for hydroxylation is 1. The fourth-order valence-electron chi connectivity index (χ4n) is 3.03. The molecule has 0 heterocycles. The van der Waals surface area contributed by atoms with Crippen LogP contribution in [0.3, 0.4) is 0 Å². The van der Waals surface area contributed by atoms with Gasteiger partial charge in [0.2, 0.25) is 0 Å². The Morgan fingerprint density at radius 2 is 1.95 bits per heavy atom. The van der Waals surface area contributed by atoms with Gasteiger partial charge in [-0.2, -0.15) is 0 Å². The van der Waals surface area contributed by atoms with Crippen LogP contribution in [0.25, 0.3) is 0 Å². The van der Waals surface area contributed by atoms with Crippen LogP contribution in [0.1, 0.15) is 57.4 Å². The highest BCUT2D eigenvalue weighted by atomic mass is 16.5. The van der Waals surface area contributed by atoms with Gasteiger partial charge < -0.3 is 10.1 Å². The van der Waals surface area contributed by atoms with Gasteiger partial charge in [0.25, 0.3) is 0 Å². The highest BCUT2D eigenvalue weighted by molar-refractivity contribution is 5.28. The summed E-state index contributed by atoms with van der Waals surface area (Å²) >= 11 is 0. The van der Waals surface area contributed by atoms with Crippen molar-refractivity contribution in [3.8, 4) is 5.75 Å². The predicted octanol–water partition coefficient (Wildman–Crippen LogP) is 4.08. The van der Waals surface area contributed by atoms with Crippen LogP contribution in [0, 0.1) is 0 Å². The molecule has 0 aliphatic heterocycles. The number of rotatable bonds is 8. The van der Waals surface area contributed by atoms with Gasteiger partial charge in [-0.15, -0.1) is 0 Å². The van der Waals surface area contributed by atoms with Gasteiger partial charge >= 0.3 is 0 Å². The van der Waals surface area contributed by atoms with E-state index in [1.807, 2.05) is 0 Å². The van der Waals surface area contributed by atoms with Gasteiger partial charge in [0.15, 0.2) is 0 Å². The molecule has 2 aliphatic carbocycles. The zero-order valence-corrected chi connectivity index (χ0v) is 12.7. The van der Waals surface area contributed by atoms with Crippen LogP contribution in [0.4, 0.5) is 0 Å². The normalized spacial score (nSPS) is 20.4. The van der Waals surface area contributed by atoms with Gasteiger partial charge in [0.1, 0.15) is 11.4 Å². The minimum absolute atomic E-state index is 0.119. The second-order valence-electron chi connectivity index (χ2n) is 6.51. The molecule has 2 aliphatic rings. The summed E-state index contributed by atoms with van der Waals surface area (Å²) in [5, 5.41) is 3.61. The topological polar surface area (TPSA) is 21.3 Å². The van der Waals surface area contributed by atoms with Crippen LogP contribution in [0.5, 0.6) is 5.75 Å². The molecule has 0 spiro atoms. The minimum atomic E-state index is 0.119. The quantitative estimate of drug-likeness (QED) is 0.770. The van der Waals surface area contributed by atoms with Crippen LogP contribution in [-0.2, 0) is 6.42 Å². The lowest BCUT2D eigenvalue weighted by atomic mass is 9.77. The Bertz CT molecular complexity index is 418. The maximum atomic E-state index is 6.33. The van der Waals surface area contributed by atoms with Crippen molar-refractivity contribution in [2.45, 2.75) is 69.9 Å². The van der Waals surface area contributed by atoms with Crippen molar-refractivity contribution in [3.63, 3.8) is 0 Å². The van der Waals surface area contributed by atoms with Crippen molar-refractivity contribution in [2.24, 2.45) is 0 Å². The van der Waals surface area contributed by atoms with Gasteiger partial charge in [0, 0.05) is 6.04 Å². The van der Waals surface area contributed by atoms with Crippen LogP contribution in [0.15, 0.2) is 24.3 Å². The molecule has 0 unspecified atom stereocenters. The third kappa shape index (κ3) is 3.54. The Hall–Kier alpha value is -1.02. The molecule has 1 aromatic carbocycles. The molecule has 1 aromatic rings. The molecule has 0 amide bonds. The Morgan fingerprint density at radius 1 is 1.20 bits per heavy atom. The lowest BCUT2D eigenvalue weighted by molar-refractivity contribution is -0.0143. The third-order valence-corrected chi connectivity index (χ3v) is 4.65. The number of nitrogens with one attached hydrogen (secondary N) is 1. The average Bonchev–Trinajstić information content (AvgIpc) is 3.22. The summed E-state index contributed by atoms with van der Waals surface area (Å²) < 4.78 is 6.33. The van der Waals surface area contributed by atoms with Crippen LogP contribution < -0.4 is 10.1 Å². The molecule has 110 valence electrons. The van der Waals surface area contributed by atoms with Crippen molar-refractivity contribution >= 4 is 0 Å². The number of hydrogen-bond donors (Lipinski definition) is 1. The van der Waals surface area contributed by atoms with E-state index in [0.29, 0.717) is 0 Å². The van der Waals surface area contributed by atoms with Crippen molar-refractivity contribution in [1.82, 2.24) is 5.32 Å². The molecular formula is C18H27NO. The third-order valence-electron chi connectivity index (χ3n) is 4.65. The molecule has 2 saturated carbocycles. The first kappa shape index (κ1) is 13.9. The average molecular weight is 273 g/mol. The molecule has 0 bridgehead atoms. The number of ether oxygens (including phenoxy) is 1. The largest absolute Gasteiger partial charge is 0.487 e. The van der Waals surface area contributed by atoms with E-state index >= 15 is 0 Å². The van der Waals surface area contributed by atoms with E-state index in [-0.39, 0.29) is 5.60 Å². The van der Waals surface area contributed by atoms with Crippen molar-refractivity contribution in [3.05, 3.63) is 29.8 Å². The van der Waals surface area contributed by atoms with Gasteiger partial charge in [-0.05, 0) is 69.2 Å². The maximum absolute atomic E-state index is 6.33. The van der Waals surface area contributed by atoms with E-state index in [9.17, 15) is 0 Å². The van der Waals surface area contributed by atoms with E-state index in [2.05, 4.69) is 36.5 Å². The number of hydrogen-bond acceptors (Lipinski definition) is 2. The Balaban J connectivity index is 1.52. The molecule has 1 N–H and O–H groups in total. The fraction of sp³-hybridized carbons (Fsp3) is 0.667. The van der Waals surface area contributed by atoms with E-state index in [1.54, 1.807) is 0 Å². The Labute approximate surface area is 122 Å².